The number of rotatable bonds is 6. The highest BCUT2D eigenvalue weighted by molar-refractivity contribution is 6.39. The van der Waals surface area contributed by atoms with E-state index in [2.05, 4.69) is 5.43 Å². The number of amides is 4. The highest BCUT2D eigenvalue weighted by Gasteiger charge is 2.40. The average Bonchev–Trinajstić information content (AvgIpc) is 2.82. The van der Waals surface area contributed by atoms with Crippen molar-refractivity contribution in [2.75, 3.05) is 24.7 Å². The van der Waals surface area contributed by atoms with Crippen molar-refractivity contribution < 1.29 is 29.4 Å². The van der Waals surface area contributed by atoms with Crippen molar-refractivity contribution in [3.8, 4) is 0 Å². The molecule has 3 aromatic carbocycles. The van der Waals surface area contributed by atoms with Gasteiger partial charge in [0.25, 0.3) is 23.6 Å². The number of benzene rings is 3. The summed E-state index contributed by atoms with van der Waals surface area (Å²) in [6, 6.07) is 12.7. The minimum absolute atomic E-state index is 0.00858. The van der Waals surface area contributed by atoms with Gasteiger partial charge in [0.15, 0.2) is 0 Å². The van der Waals surface area contributed by atoms with Crippen LogP contribution >= 0.6 is 0 Å². The summed E-state index contributed by atoms with van der Waals surface area (Å²) in [5.74, 6) is -2.34. The van der Waals surface area contributed by atoms with Crippen molar-refractivity contribution >= 4 is 40.1 Å². The van der Waals surface area contributed by atoms with Gasteiger partial charge in [-0.2, -0.15) is 0 Å². The minimum atomic E-state index is -0.619. The molecule has 5 rings (SSSR count). The fraction of sp³-hybridized carbons (Fsp3) is 0.167. The van der Waals surface area contributed by atoms with Crippen LogP contribution in [0.1, 0.15) is 47.0 Å². The first kappa shape index (κ1) is 21.0. The molecule has 2 heterocycles. The lowest BCUT2D eigenvalue weighted by atomic mass is 9.86. The van der Waals surface area contributed by atoms with Crippen molar-refractivity contribution in [1.82, 2.24) is 10.4 Å². The fourth-order valence-corrected chi connectivity index (χ4v) is 4.36. The van der Waals surface area contributed by atoms with E-state index in [9.17, 15) is 19.2 Å². The number of imide groups is 2. The first-order chi connectivity index (χ1) is 16.0. The van der Waals surface area contributed by atoms with Crippen LogP contribution in [-0.4, -0.2) is 58.6 Å². The van der Waals surface area contributed by atoms with E-state index in [-0.39, 0.29) is 52.8 Å². The Morgan fingerprint density at radius 2 is 1.12 bits per heavy atom. The monoisotopic (exact) mass is 445 g/mol. The molecular weight excluding hydrogens is 426 g/mol. The molecule has 33 heavy (non-hydrogen) atoms. The fourth-order valence-electron chi connectivity index (χ4n) is 4.36. The van der Waals surface area contributed by atoms with Crippen LogP contribution in [0.4, 0.5) is 5.69 Å². The van der Waals surface area contributed by atoms with Gasteiger partial charge in [0, 0.05) is 35.1 Å². The Hall–Kier alpha value is -3.92. The van der Waals surface area contributed by atoms with E-state index in [0.717, 1.165) is 15.5 Å². The standard InChI is InChI=1S/C24H19N3O6/c28-11-9-13-1-3-14(4-2-13)26-21(30)15-5-7-17-20-18(8-6-16(19(15)20)22(26)31)24(33)27(23(17)32)25-10-12-29/h1-8,25,28-29H,9-12H2. The summed E-state index contributed by atoms with van der Waals surface area (Å²) in [6.45, 7) is -0.266. The molecule has 3 N–H and O–H groups in total. The lowest BCUT2D eigenvalue weighted by Gasteiger charge is -2.31. The third-order valence-corrected chi connectivity index (χ3v) is 5.87. The summed E-state index contributed by atoms with van der Waals surface area (Å²) in [6.07, 6.45) is 0.460. The molecule has 0 atom stereocenters. The second kappa shape index (κ2) is 7.89. The number of hydrogen-bond donors (Lipinski definition) is 3. The third kappa shape index (κ3) is 3.05. The van der Waals surface area contributed by atoms with Crippen molar-refractivity contribution in [1.29, 1.82) is 0 Å². The van der Waals surface area contributed by atoms with Gasteiger partial charge in [-0.05, 0) is 48.4 Å². The molecule has 9 heteroatoms. The molecule has 0 fully saturated rings. The van der Waals surface area contributed by atoms with Crippen molar-refractivity contribution in [3.63, 3.8) is 0 Å². The first-order valence-electron chi connectivity index (χ1n) is 10.4. The smallest absolute Gasteiger partial charge is 0.275 e. The Kier molecular flexibility index (Phi) is 5.01. The second-order valence-electron chi connectivity index (χ2n) is 7.73. The number of hydrazine groups is 1. The van der Waals surface area contributed by atoms with Gasteiger partial charge in [0.05, 0.1) is 23.4 Å². The molecule has 2 aliphatic rings. The van der Waals surface area contributed by atoms with E-state index in [1.165, 1.54) is 24.3 Å². The Morgan fingerprint density at radius 1 is 0.636 bits per heavy atom. The molecule has 2 aliphatic heterocycles. The maximum atomic E-state index is 13.4. The van der Waals surface area contributed by atoms with E-state index in [4.69, 9.17) is 10.2 Å². The van der Waals surface area contributed by atoms with Crippen LogP contribution in [0, 0.1) is 0 Å². The first-order valence-corrected chi connectivity index (χ1v) is 10.4. The van der Waals surface area contributed by atoms with Gasteiger partial charge in [-0.1, -0.05) is 12.1 Å². The SMILES string of the molecule is O=C1c2ccc3c4c(ccc(c24)C(=O)N1NCCO)C(=O)N(c1ccc(CCO)cc1)C3=O. The predicted molar refractivity (Wildman–Crippen MR) is 118 cm³/mol. The number of nitrogens with zero attached hydrogens (tertiary/aromatic N) is 2. The molecule has 9 nitrogen and oxygen atoms in total. The number of carbonyl (C=O) groups is 4. The van der Waals surface area contributed by atoms with Crippen LogP contribution in [0.25, 0.3) is 10.8 Å². The quantitative estimate of drug-likeness (QED) is 0.488. The number of nitrogens with one attached hydrogen (secondary N) is 1. The lowest BCUT2D eigenvalue weighted by Crippen LogP contribution is -2.50. The zero-order chi connectivity index (χ0) is 23.3. The number of anilines is 1. The summed E-state index contributed by atoms with van der Waals surface area (Å²) in [5.41, 5.74) is 4.69. The van der Waals surface area contributed by atoms with E-state index in [1.807, 2.05) is 0 Å². The summed E-state index contributed by atoms with van der Waals surface area (Å²) in [4.78, 5) is 53.7. The molecule has 0 saturated heterocycles. The molecule has 0 saturated carbocycles. The topological polar surface area (TPSA) is 127 Å². The molecular formula is C24H19N3O6. The summed E-state index contributed by atoms with van der Waals surface area (Å²) >= 11 is 0. The van der Waals surface area contributed by atoms with Crippen molar-refractivity contribution in [2.24, 2.45) is 0 Å². The van der Waals surface area contributed by atoms with Gasteiger partial charge in [-0.3, -0.25) is 19.2 Å². The zero-order valence-electron chi connectivity index (χ0n) is 17.4. The van der Waals surface area contributed by atoms with Gasteiger partial charge in [0.1, 0.15) is 0 Å². The van der Waals surface area contributed by atoms with E-state index >= 15 is 0 Å². The van der Waals surface area contributed by atoms with Crippen LogP contribution in [-0.2, 0) is 6.42 Å². The molecule has 0 spiro atoms. The average molecular weight is 445 g/mol. The van der Waals surface area contributed by atoms with E-state index < -0.39 is 23.6 Å². The molecule has 3 aromatic rings. The van der Waals surface area contributed by atoms with Crippen LogP contribution in [0.5, 0.6) is 0 Å². The third-order valence-electron chi connectivity index (χ3n) is 5.87. The summed E-state index contributed by atoms with van der Waals surface area (Å²) in [5, 5.41) is 19.5. The molecule has 0 aliphatic carbocycles. The molecule has 0 aromatic heterocycles. The second-order valence-corrected chi connectivity index (χ2v) is 7.73. The lowest BCUT2D eigenvalue weighted by molar-refractivity contribution is 0.0508. The molecule has 166 valence electrons. The maximum absolute atomic E-state index is 13.4. The van der Waals surface area contributed by atoms with E-state index in [1.54, 1.807) is 24.3 Å². The van der Waals surface area contributed by atoms with Crippen molar-refractivity contribution in [3.05, 3.63) is 76.3 Å². The Morgan fingerprint density at radius 3 is 1.58 bits per heavy atom. The van der Waals surface area contributed by atoms with Gasteiger partial charge in [-0.25, -0.2) is 15.3 Å². The van der Waals surface area contributed by atoms with Crippen LogP contribution in [0.15, 0.2) is 48.5 Å². The number of carbonyl (C=O) groups excluding carboxylic acids is 4. The Bertz CT molecular complexity index is 1280. The van der Waals surface area contributed by atoms with Crippen LogP contribution in [0.3, 0.4) is 0 Å². The van der Waals surface area contributed by atoms with Gasteiger partial charge < -0.3 is 10.2 Å². The van der Waals surface area contributed by atoms with Crippen LogP contribution in [0.2, 0.25) is 0 Å². The molecule has 0 unspecified atom stereocenters. The highest BCUT2D eigenvalue weighted by Crippen LogP contribution is 2.38. The number of aliphatic hydroxyl groups excluding tert-OH is 2. The van der Waals surface area contributed by atoms with Crippen molar-refractivity contribution in [2.45, 2.75) is 6.42 Å². The van der Waals surface area contributed by atoms with E-state index in [0.29, 0.717) is 12.1 Å². The Labute approximate surface area is 187 Å². The minimum Gasteiger partial charge on any atom is -0.396 e. The zero-order valence-corrected chi connectivity index (χ0v) is 17.4. The summed E-state index contributed by atoms with van der Waals surface area (Å²) < 4.78 is 0. The van der Waals surface area contributed by atoms with Gasteiger partial charge in [0.2, 0.25) is 0 Å². The summed E-state index contributed by atoms with van der Waals surface area (Å²) in [7, 11) is 0. The molecule has 0 bridgehead atoms. The molecule has 4 amide bonds. The van der Waals surface area contributed by atoms with Gasteiger partial charge in [-0.15, -0.1) is 0 Å². The predicted octanol–water partition coefficient (Wildman–Crippen LogP) is 1.27. The largest absolute Gasteiger partial charge is 0.396 e. The maximum Gasteiger partial charge on any atom is 0.275 e. The molecule has 0 radical (unpaired) electrons. The Balaban J connectivity index is 1.64. The highest BCUT2D eigenvalue weighted by atomic mass is 16.3. The normalized spacial score (nSPS) is 15.1. The van der Waals surface area contributed by atoms with Crippen LogP contribution < -0.4 is 10.3 Å². The van der Waals surface area contributed by atoms with Gasteiger partial charge >= 0.3 is 0 Å². The number of aliphatic hydroxyl groups is 2. The number of hydrogen-bond acceptors (Lipinski definition) is 7.